The van der Waals surface area contributed by atoms with E-state index in [1.165, 1.54) is 0 Å². The molecule has 3 aromatic rings. The van der Waals surface area contributed by atoms with Crippen molar-refractivity contribution in [2.45, 2.75) is 20.3 Å². The van der Waals surface area contributed by atoms with Crippen LogP contribution in [0.1, 0.15) is 17.0 Å². The first kappa shape index (κ1) is 14.8. The molecule has 5 heteroatoms. The highest BCUT2D eigenvalue weighted by molar-refractivity contribution is 9.10. The zero-order chi connectivity index (χ0) is 15.7. The second-order valence-electron chi connectivity index (χ2n) is 5.23. The molecule has 2 aromatic heterocycles. The van der Waals surface area contributed by atoms with Gasteiger partial charge in [-0.15, -0.1) is 0 Å². The molecule has 0 saturated heterocycles. The van der Waals surface area contributed by atoms with Crippen LogP contribution < -0.4 is 5.32 Å². The van der Waals surface area contributed by atoms with E-state index in [1.54, 1.807) is 0 Å². The normalized spacial score (nSPS) is 10.9. The quantitative estimate of drug-likeness (QED) is 0.772. The van der Waals surface area contributed by atoms with Crippen molar-refractivity contribution < 1.29 is 4.79 Å². The number of carbonyl (C=O) groups excluding carboxylic acids is 1. The van der Waals surface area contributed by atoms with Crippen LogP contribution >= 0.6 is 15.9 Å². The number of anilines is 1. The third-order valence-electron chi connectivity index (χ3n) is 3.62. The van der Waals surface area contributed by atoms with Gasteiger partial charge in [0.2, 0.25) is 5.91 Å². The fraction of sp³-hybridized carbons (Fsp3) is 0.176. The molecule has 0 spiro atoms. The Morgan fingerprint density at radius 2 is 2.00 bits per heavy atom. The van der Waals surface area contributed by atoms with Crippen LogP contribution in [0.15, 0.2) is 47.1 Å². The molecule has 0 unspecified atom stereocenters. The summed E-state index contributed by atoms with van der Waals surface area (Å²) in [5.74, 6) is -0.0571. The van der Waals surface area contributed by atoms with E-state index in [0.29, 0.717) is 0 Å². The van der Waals surface area contributed by atoms with Gasteiger partial charge in [-0.2, -0.15) is 0 Å². The van der Waals surface area contributed by atoms with E-state index in [4.69, 9.17) is 0 Å². The Labute approximate surface area is 137 Å². The summed E-state index contributed by atoms with van der Waals surface area (Å²) >= 11 is 3.43. The summed E-state index contributed by atoms with van der Waals surface area (Å²) in [7, 11) is 0. The Kier molecular flexibility index (Phi) is 3.98. The van der Waals surface area contributed by atoms with Crippen LogP contribution in [0.4, 0.5) is 5.69 Å². The summed E-state index contributed by atoms with van der Waals surface area (Å²) in [6.45, 7) is 3.96. The maximum Gasteiger partial charge on any atom is 0.230 e. The average molecular weight is 358 g/mol. The molecule has 3 rings (SSSR count). The lowest BCUT2D eigenvalue weighted by Gasteiger charge is -2.08. The zero-order valence-corrected chi connectivity index (χ0v) is 14.0. The fourth-order valence-electron chi connectivity index (χ4n) is 2.49. The van der Waals surface area contributed by atoms with Crippen LogP contribution in [0.5, 0.6) is 0 Å². The molecular formula is C17H16BrN3O. The molecule has 0 fully saturated rings. The number of para-hydroxylation sites is 1. The lowest BCUT2D eigenvalue weighted by Crippen LogP contribution is -2.16. The number of nitrogens with zero attached hydrogens (tertiary/aromatic N) is 2. The summed E-state index contributed by atoms with van der Waals surface area (Å²) in [5, 5.41) is 2.93. The van der Waals surface area contributed by atoms with Gasteiger partial charge in [0.25, 0.3) is 0 Å². The van der Waals surface area contributed by atoms with Crippen LogP contribution in [0.25, 0.3) is 5.65 Å². The number of fused-ring (bicyclic) bond motifs is 1. The van der Waals surface area contributed by atoms with Gasteiger partial charge in [-0.1, -0.05) is 18.2 Å². The zero-order valence-electron chi connectivity index (χ0n) is 12.4. The second kappa shape index (κ2) is 5.93. The third kappa shape index (κ3) is 2.76. The minimum Gasteiger partial charge on any atom is -0.325 e. The number of hydrogen-bond donors (Lipinski definition) is 1. The van der Waals surface area contributed by atoms with Crippen molar-refractivity contribution >= 4 is 33.2 Å². The first-order valence-corrected chi connectivity index (χ1v) is 7.83. The number of aromatic nitrogens is 2. The van der Waals surface area contributed by atoms with E-state index >= 15 is 0 Å². The standard InChI is InChI=1S/C17H16BrN3O/c1-11-6-5-9-21-15(12(2)19-17(11)21)10-16(22)20-14-8-4-3-7-13(14)18/h3-9H,10H2,1-2H3,(H,20,22). The lowest BCUT2D eigenvalue weighted by molar-refractivity contribution is -0.115. The summed E-state index contributed by atoms with van der Waals surface area (Å²) in [6, 6.07) is 11.6. The molecule has 0 radical (unpaired) electrons. The monoisotopic (exact) mass is 357 g/mol. The molecule has 1 N–H and O–H groups in total. The number of aryl methyl sites for hydroxylation is 2. The van der Waals surface area contributed by atoms with Gasteiger partial charge >= 0.3 is 0 Å². The molecule has 1 aromatic carbocycles. The van der Waals surface area contributed by atoms with E-state index < -0.39 is 0 Å². The minimum absolute atomic E-state index is 0.0571. The lowest BCUT2D eigenvalue weighted by atomic mass is 10.2. The summed E-state index contributed by atoms with van der Waals surface area (Å²) < 4.78 is 2.86. The third-order valence-corrected chi connectivity index (χ3v) is 4.31. The van der Waals surface area contributed by atoms with Crippen molar-refractivity contribution in [3.8, 4) is 0 Å². The van der Waals surface area contributed by atoms with Crippen LogP contribution in [0.2, 0.25) is 0 Å². The largest absolute Gasteiger partial charge is 0.325 e. The van der Waals surface area contributed by atoms with E-state index in [9.17, 15) is 4.79 Å². The smallest absolute Gasteiger partial charge is 0.230 e. The maximum absolute atomic E-state index is 12.3. The highest BCUT2D eigenvalue weighted by Crippen LogP contribution is 2.22. The Balaban J connectivity index is 1.87. The number of rotatable bonds is 3. The van der Waals surface area contributed by atoms with E-state index in [1.807, 2.05) is 60.8 Å². The fourth-order valence-corrected chi connectivity index (χ4v) is 2.87. The van der Waals surface area contributed by atoms with Crippen LogP contribution in [0.3, 0.4) is 0 Å². The van der Waals surface area contributed by atoms with Gasteiger partial charge in [0, 0.05) is 10.7 Å². The van der Waals surface area contributed by atoms with Crippen molar-refractivity contribution in [3.63, 3.8) is 0 Å². The van der Waals surface area contributed by atoms with Crippen molar-refractivity contribution in [3.05, 3.63) is 64.0 Å². The molecule has 0 aliphatic heterocycles. The topological polar surface area (TPSA) is 46.4 Å². The molecule has 0 atom stereocenters. The summed E-state index contributed by atoms with van der Waals surface area (Å²) in [4.78, 5) is 16.9. The number of pyridine rings is 1. The van der Waals surface area contributed by atoms with Crippen molar-refractivity contribution in [2.75, 3.05) is 5.32 Å². The molecule has 22 heavy (non-hydrogen) atoms. The minimum atomic E-state index is -0.0571. The Morgan fingerprint density at radius 3 is 2.77 bits per heavy atom. The SMILES string of the molecule is Cc1nc2c(C)cccn2c1CC(=O)Nc1ccccc1Br. The number of imidazole rings is 1. The Hall–Kier alpha value is -2.14. The van der Waals surface area contributed by atoms with Crippen molar-refractivity contribution in [1.82, 2.24) is 9.38 Å². The number of amides is 1. The van der Waals surface area contributed by atoms with Crippen LogP contribution in [-0.2, 0) is 11.2 Å². The number of carbonyl (C=O) groups is 1. The molecule has 4 nitrogen and oxygen atoms in total. The Bertz CT molecular complexity index is 854. The predicted octanol–water partition coefficient (Wildman–Crippen LogP) is 3.89. The Morgan fingerprint density at radius 1 is 1.23 bits per heavy atom. The van der Waals surface area contributed by atoms with E-state index in [-0.39, 0.29) is 12.3 Å². The van der Waals surface area contributed by atoms with Gasteiger partial charge in [-0.05, 0) is 53.5 Å². The molecule has 0 bridgehead atoms. The number of hydrogen-bond acceptors (Lipinski definition) is 2. The highest BCUT2D eigenvalue weighted by Gasteiger charge is 2.14. The van der Waals surface area contributed by atoms with Gasteiger partial charge in [0.1, 0.15) is 5.65 Å². The van der Waals surface area contributed by atoms with Crippen LogP contribution in [-0.4, -0.2) is 15.3 Å². The molecule has 0 saturated carbocycles. The number of benzene rings is 1. The predicted molar refractivity (Wildman–Crippen MR) is 91.1 cm³/mol. The molecule has 1 amide bonds. The molecule has 0 aliphatic carbocycles. The summed E-state index contributed by atoms with van der Waals surface area (Å²) in [6.07, 6.45) is 2.24. The first-order chi connectivity index (χ1) is 10.6. The van der Waals surface area contributed by atoms with Gasteiger partial charge < -0.3 is 9.72 Å². The molecule has 2 heterocycles. The van der Waals surface area contributed by atoms with Crippen LogP contribution in [0, 0.1) is 13.8 Å². The molecule has 112 valence electrons. The van der Waals surface area contributed by atoms with Crippen molar-refractivity contribution in [1.29, 1.82) is 0 Å². The van der Waals surface area contributed by atoms with Gasteiger partial charge in [-0.3, -0.25) is 4.79 Å². The van der Waals surface area contributed by atoms with Gasteiger partial charge in [-0.25, -0.2) is 4.98 Å². The highest BCUT2D eigenvalue weighted by atomic mass is 79.9. The second-order valence-corrected chi connectivity index (χ2v) is 6.09. The summed E-state index contributed by atoms with van der Waals surface area (Å²) in [5.41, 5.74) is 4.58. The van der Waals surface area contributed by atoms with Gasteiger partial charge in [0.15, 0.2) is 0 Å². The van der Waals surface area contributed by atoms with E-state index in [2.05, 4.69) is 26.2 Å². The number of nitrogens with one attached hydrogen (secondary N) is 1. The maximum atomic E-state index is 12.3. The van der Waals surface area contributed by atoms with Crippen molar-refractivity contribution in [2.24, 2.45) is 0 Å². The molecule has 0 aliphatic rings. The van der Waals surface area contributed by atoms with E-state index in [0.717, 1.165) is 32.8 Å². The van der Waals surface area contributed by atoms with Gasteiger partial charge in [0.05, 0.1) is 23.5 Å². The number of halogens is 1. The average Bonchev–Trinajstić information content (AvgIpc) is 2.80. The first-order valence-electron chi connectivity index (χ1n) is 7.04. The molecular weight excluding hydrogens is 342 g/mol.